The highest BCUT2D eigenvalue weighted by atomic mass is 16.7. The van der Waals surface area contributed by atoms with E-state index in [1.807, 2.05) is 19.1 Å². The highest BCUT2D eigenvalue weighted by molar-refractivity contribution is 6.11. The van der Waals surface area contributed by atoms with E-state index in [1.165, 1.54) is 28.7 Å². The Labute approximate surface area is 129 Å². The number of oxime groups is 1. The highest BCUT2D eigenvalue weighted by Crippen LogP contribution is 2.29. The molecule has 0 aliphatic heterocycles. The molecule has 3 rings (SSSR count). The predicted molar refractivity (Wildman–Crippen MR) is 89.1 cm³/mol. The van der Waals surface area contributed by atoms with Gasteiger partial charge in [-0.2, -0.15) is 0 Å². The van der Waals surface area contributed by atoms with E-state index in [1.54, 1.807) is 0 Å². The van der Waals surface area contributed by atoms with E-state index >= 15 is 0 Å². The van der Waals surface area contributed by atoms with Crippen molar-refractivity contribution in [2.24, 2.45) is 5.16 Å². The first-order chi connectivity index (χ1) is 10.6. The molecule has 112 valence electrons. The standard InChI is InChI=1S/C18H18N2O2/c1-4-20-17-8-6-5-7-15(17)16-11-14(9-10-18(16)20)12(2)19-22-13(3)21/h5-11H,4H2,1-3H3/b19-12-. The fraction of sp³-hybridized carbons (Fsp3) is 0.222. The van der Waals surface area contributed by atoms with Crippen molar-refractivity contribution in [1.29, 1.82) is 0 Å². The number of para-hydroxylation sites is 1. The van der Waals surface area contributed by atoms with Crippen LogP contribution in [0.3, 0.4) is 0 Å². The molecule has 0 unspecified atom stereocenters. The maximum absolute atomic E-state index is 10.9. The molecule has 4 nitrogen and oxygen atoms in total. The van der Waals surface area contributed by atoms with Gasteiger partial charge >= 0.3 is 5.97 Å². The van der Waals surface area contributed by atoms with Crippen LogP contribution in [0, 0.1) is 0 Å². The van der Waals surface area contributed by atoms with Crippen molar-refractivity contribution in [2.45, 2.75) is 27.3 Å². The van der Waals surface area contributed by atoms with Crippen LogP contribution in [-0.4, -0.2) is 16.2 Å². The van der Waals surface area contributed by atoms with Gasteiger partial charge in [-0.1, -0.05) is 29.4 Å². The van der Waals surface area contributed by atoms with Gasteiger partial charge < -0.3 is 9.40 Å². The smallest absolute Gasteiger partial charge is 0.331 e. The van der Waals surface area contributed by atoms with Crippen LogP contribution >= 0.6 is 0 Å². The van der Waals surface area contributed by atoms with Gasteiger partial charge in [0.15, 0.2) is 0 Å². The maximum Gasteiger partial charge on any atom is 0.331 e. The first kappa shape index (κ1) is 14.3. The summed E-state index contributed by atoms with van der Waals surface area (Å²) in [7, 11) is 0. The number of aryl methyl sites for hydroxylation is 1. The van der Waals surface area contributed by atoms with E-state index in [0.29, 0.717) is 5.71 Å². The third kappa shape index (κ3) is 2.37. The van der Waals surface area contributed by atoms with Gasteiger partial charge in [-0.05, 0) is 37.6 Å². The van der Waals surface area contributed by atoms with Crippen molar-refractivity contribution in [3.8, 4) is 0 Å². The molecule has 0 amide bonds. The molecule has 0 bridgehead atoms. The zero-order valence-corrected chi connectivity index (χ0v) is 13.0. The molecule has 0 atom stereocenters. The van der Waals surface area contributed by atoms with E-state index in [-0.39, 0.29) is 0 Å². The zero-order valence-electron chi connectivity index (χ0n) is 13.0. The average molecular weight is 294 g/mol. The van der Waals surface area contributed by atoms with Crippen molar-refractivity contribution in [3.05, 3.63) is 48.0 Å². The molecule has 3 aromatic rings. The van der Waals surface area contributed by atoms with Gasteiger partial charge in [-0.3, -0.25) is 0 Å². The fourth-order valence-corrected chi connectivity index (χ4v) is 2.80. The van der Waals surface area contributed by atoms with Gasteiger partial charge in [0.1, 0.15) is 0 Å². The van der Waals surface area contributed by atoms with Crippen LogP contribution in [0.4, 0.5) is 0 Å². The minimum Gasteiger partial charge on any atom is -0.341 e. The van der Waals surface area contributed by atoms with E-state index in [2.05, 4.69) is 47.0 Å². The summed E-state index contributed by atoms with van der Waals surface area (Å²) >= 11 is 0. The molecule has 0 aliphatic rings. The molecule has 1 aromatic heterocycles. The molecular formula is C18H18N2O2. The molecule has 0 aliphatic carbocycles. The summed E-state index contributed by atoms with van der Waals surface area (Å²) in [6, 6.07) is 14.6. The minimum absolute atomic E-state index is 0.414. The van der Waals surface area contributed by atoms with Crippen LogP contribution in [-0.2, 0) is 16.2 Å². The average Bonchev–Trinajstić information content (AvgIpc) is 2.85. The topological polar surface area (TPSA) is 43.6 Å². The molecule has 4 heteroatoms. The summed E-state index contributed by atoms with van der Waals surface area (Å²) in [4.78, 5) is 15.6. The van der Waals surface area contributed by atoms with Gasteiger partial charge in [0.25, 0.3) is 0 Å². The maximum atomic E-state index is 10.9. The summed E-state index contributed by atoms with van der Waals surface area (Å²) in [6.07, 6.45) is 0. The van der Waals surface area contributed by atoms with Gasteiger partial charge in [0.2, 0.25) is 0 Å². The Morgan fingerprint density at radius 2 is 1.82 bits per heavy atom. The lowest BCUT2D eigenvalue weighted by Gasteiger charge is -2.04. The normalized spacial score (nSPS) is 12.0. The van der Waals surface area contributed by atoms with E-state index in [4.69, 9.17) is 4.84 Å². The number of carbonyl (C=O) groups is 1. The molecular weight excluding hydrogens is 276 g/mol. The summed E-state index contributed by atoms with van der Waals surface area (Å²) in [5, 5.41) is 6.28. The fourth-order valence-electron chi connectivity index (χ4n) is 2.80. The van der Waals surface area contributed by atoms with Crippen molar-refractivity contribution < 1.29 is 9.63 Å². The Bertz CT molecular complexity index is 891. The molecule has 0 saturated carbocycles. The lowest BCUT2D eigenvalue weighted by Crippen LogP contribution is -1.99. The van der Waals surface area contributed by atoms with Gasteiger partial charge in [-0.15, -0.1) is 0 Å². The van der Waals surface area contributed by atoms with Crippen molar-refractivity contribution in [1.82, 2.24) is 4.57 Å². The molecule has 2 aromatic carbocycles. The molecule has 0 N–H and O–H groups in total. The summed E-state index contributed by atoms with van der Waals surface area (Å²) < 4.78 is 2.30. The number of fused-ring (bicyclic) bond motifs is 3. The Balaban J connectivity index is 2.20. The van der Waals surface area contributed by atoms with Crippen LogP contribution in [0.2, 0.25) is 0 Å². The number of hydrogen-bond donors (Lipinski definition) is 0. The lowest BCUT2D eigenvalue weighted by atomic mass is 10.1. The predicted octanol–water partition coefficient (Wildman–Crippen LogP) is 4.10. The number of benzene rings is 2. The van der Waals surface area contributed by atoms with E-state index in [0.717, 1.165) is 12.1 Å². The van der Waals surface area contributed by atoms with E-state index < -0.39 is 5.97 Å². The van der Waals surface area contributed by atoms with Gasteiger partial charge in [0.05, 0.1) is 5.71 Å². The SMILES string of the molecule is CCn1c2ccccc2c2cc(/C(C)=N\OC(C)=O)ccc21. The third-order valence-electron chi connectivity index (χ3n) is 3.82. The lowest BCUT2D eigenvalue weighted by molar-refractivity contribution is -0.140. The van der Waals surface area contributed by atoms with Crippen molar-refractivity contribution >= 4 is 33.5 Å². The second-order valence-corrected chi connectivity index (χ2v) is 5.25. The molecule has 0 spiro atoms. The third-order valence-corrected chi connectivity index (χ3v) is 3.82. The summed E-state index contributed by atoms with van der Waals surface area (Å²) in [5.74, 6) is -0.414. The molecule has 0 fully saturated rings. The first-order valence-corrected chi connectivity index (χ1v) is 7.35. The van der Waals surface area contributed by atoms with Crippen LogP contribution in [0.5, 0.6) is 0 Å². The number of hydrogen-bond acceptors (Lipinski definition) is 3. The van der Waals surface area contributed by atoms with Crippen LogP contribution in [0.15, 0.2) is 47.6 Å². The second-order valence-electron chi connectivity index (χ2n) is 5.25. The molecule has 0 radical (unpaired) electrons. The largest absolute Gasteiger partial charge is 0.341 e. The van der Waals surface area contributed by atoms with Crippen molar-refractivity contribution in [3.63, 3.8) is 0 Å². The number of rotatable bonds is 3. The highest BCUT2D eigenvalue weighted by Gasteiger charge is 2.10. The molecule has 1 heterocycles. The monoisotopic (exact) mass is 294 g/mol. The first-order valence-electron chi connectivity index (χ1n) is 7.35. The summed E-state index contributed by atoms with van der Waals surface area (Å²) in [5.41, 5.74) is 4.07. The van der Waals surface area contributed by atoms with Crippen molar-refractivity contribution in [2.75, 3.05) is 0 Å². The Hall–Kier alpha value is -2.62. The second kappa shape index (κ2) is 5.64. The van der Waals surface area contributed by atoms with Crippen LogP contribution in [0.1, 0.15) is 26.3 Å². The Kier molecular flexibility index (Phi) is 3.67. The minimum atomic E-state index is -0.414. The zero-order chi connectivity index (χ0) is 15.7. The van der Waals surface area contributed by atoms with Gasteiger partial charge in [-0.25, -0.2) is 4.79 Å². The quantitative estimate of drug-likeness (QED) is 0.414. The Morgan fingerprint density at radius 1 is 1.09 bits per heavy atom. The number of carbonyl (C=O) groups excluding carboxylic acids is 1. The van der Waals surface area contributed by atoms with E-state index in [9.17, 15) is 4.79 Å². The van der Waals surface area contributed by atoms with Crippen LogP contribution in [0.25, 0.3) is 21.8 Å². The van der Waals surface area contributed by atoms with Crippen LogP contribution < -0.4 is 0 Å². The summed E-state index contributed by atoms with van der Waals surface area (Å²) in [6.45, 7) is 6.25. The van der Waals surface area contributed by atoms with Gasteiger partial charge in [0, 0.05) is 35.3 Å². The Morgan fingerprint density at radius 3 is 2.55 bits per heavy atom. The number of nitrogens with zero attached hydrogens (tertiary/aromatic N) is 2. The molecule has 0 saturated heterocycles. The number of aromatic nitrogens is 1. The molecule has 22 heavy (non-hydrogen) atoms.